The molecule has 2 fully saturated rings. The lowest BCUT2D eigenvalue weighted by Crippen LogP contribution is -2.36. The monoisotopic (exact) mass is 673 g/mol. The molecule has 14 heteroatoms. The molecule has 2 unspecified atom stereocenters. The lowest BCUT2D eigenvalue weighted by Gasteiger charge is -2.19. The summed E-state index contributed by atoms with van der Waals surface area (Å²) in [5.41, 5.74) is -0.169. The van der Waals surface area contributed by atoms with E-state index in [1.165, 1.54) is 0 Å². The van der Waals surface area contributed by atoms with Crippen LogP contribution in [0.1, 0.15) is 85.0 Å². The van der Waals surface area contributed by atoms with Crippen LogP contribution in [0.2, 0.25) is 0 Å². The molecule has 0 saturated carbocycles. The lowest BCUT2D eigenvalue weighted by molar-refractivity contribution is -0.123. The molecule has 2 aliphatic rings. The van der Waals surface area contributed by atoms with E-state index < -0.39 is 0 Å². The second kappa shape index (κ2) is 24.1. The second-order valence-corrected chi connectivity index (χ2v) is 13.9. The fourth-order valence-electron chi connectivity index (χ4n) is 4.97. The standard InChI is InChI=1S/C32H59N5O8S/c1-32(2,3)45-19-9-16-35-29(40)13-6-12-28(39)34-15-8-18-43-21-23-44-22-20-42-17-7-14-33-27(38)11-5-4-10-26-30-25(24-46-26)36-31(41)37-30/h25-26,30H,4-24H2,1-3H3,(H,33,38)(H,34,39)(H,35,40)(H2,36,37,41)/t25?,26-,30?/m0/s1. The Kier molecular flexibility index (Phi) is 21.0. The highest BCUT2D eigenvalue weighted by molar-refractivity contribution is 8.00. The maximum atomic E-state index is 12.0. The number of thioether (sulfide) groups is 1. The van der Waals surface area contributed by atoms with Gasteiger partial charge >= 0.3 is 6.03 Å². The largest absolute Gasteiger partial charge is 0.379 e. The number of unbranched alkanes of at least 4 members (excludes halogenated alkanes) is 1. The first-order valence-corrected chi connectivity index (χ1v) is 18.0. The van der Waals surface area contributed by atoms with Gasteiger partial charge in [-0.05, 0) is 59.3 Å². The Morgan fingerprint density at radius 1 is 0.696 bits per heavy atom. The first-order chi connectivity index (χ1) is 22.1. The summed E-state index contributed by atoms with van der Waals surface area (Å²) in [6.07, 6.45) is 6.80. The predicted molar refractivity (Wildman–Crippen MR) is 179 cm³/mol. The van der Waals surface area contributed by atoms with Gasteiger partial charge < -0.3 is 45.5 Å². The van der Waals surface area contributed by atoms with Crippen LogP contribution in [-0.4, -0.2) is 118 Å². The SMILES string of the molecule is CC(C)(C)OCCCNC(=O)CCCC(=O)NCCCOCCOCCOCCCNC(=O)CCCC[C@@H]1SCC2NC(=O)NC21. The Hall–Kier alpha value is -2.13. The molecule has 2 rings (SSSR count). The molecule has 2 heterocycles. The normalized spacial score (nSPS) is 18.9. The molecule has 0 aromatic heterocycles. The molecule has 13 nitrogen and oxygen atoms in total. The van der Waals surface area contributed by atoms with Crippen molar-refractivity contribution in [2.24, 2.45) is 0 Å². The van der Waals surface area contributed by atoms with Crippen molar-refractivity contribution in [2.45, 2.75) is 108 Å². The third kappa shape index (κ3) is 20.2. The zero-order valence-corrected chi connectivity index (χ0v) is 29.1. The van der Waals surface area contributed by atoms with Gasteiger partial charge in [-0.1, -0.05) is 6.42 Å². The highest BCUT2D eigenvalue weighted by atomic mass is 32.2. The number of nitrogens with one attached hydrogen (secondary N) is 5. The number of rotatable bonds is 27. The van der Waals surface area contributed by atoms with Crippen molar-refractivity contribution < 1.29 is 38.1 Å². The number of fused-ring (bicyclic) bond motifs is 1. The smallest absolute Gasteiger partial charge is 0.315 e. The van der Waals surface area contributed by atoms with E-state index in [-0.39, 0.29) is 41.4 Å². The summed E-state index contributed by atoms with van der Waals surface area (Å²) in [7, 11) is 0. The van der Waals surface area contributed by atoms with E-state index in [2.05, 4.69) is 26.6 Å². The van der Waals surface area contributed by atoms with Gasteiger partial charge in [0.05, 0.1) is 44.1 Å². The first-order valence-electron chi connectivity index (χ1n) is 17.0. The average Bonchev–Trinajstić information content (AvgIpc) is 3.55. The minimum atomic E-state index is -0.169. The molecule has 0 radical (unpaired) electrons. The summed E-state index contributed by atoms with van der Waals surface area (Å²) < 4.78 is 22.2. The first kappa shape index (κ1) is 40.0. The van der Waals surface area contributed by atoms with Gasteiger partial charge in [0.1, 0.15) is 0 Å². The zero-order chi connectivity index (χ0) is 33.5. The van der Waals surface area contributed by atoms with Crippen LogP contribution in [0.5, 0.6) is 0 Å². The van der Waals surface area contributed by atoms with Gasteiger partial charge in [0.2, 0.25) is 17.7 Å². The average molecular weight is 674 g/mol. The van der Waals surface area contributed by atoms with Crippen molar-refractivity contribution in [2.75, 3.05) is 71.6 Å². The lowest BCUT2D eigenvalue weighted by atomic mass is 10.0. The van der Waals surface area contributed by atoms with Gasteiger partial charge in [-0.15, -0.1) is 0 Å². The molecule has 0 aromatic carbocycles. The van der Waals surface area contributed by atoms with Crippen LogP contribution in [0.25, 0.3) is 0 Å². The van der Waals surface area contributed by atoms with Crippen LogP contribution in [0.3, 0.4) is 0 Å². The molecule has 5 amide bonds. The molecule has 266 valence electrons. The zero-order valence-electron chi connectivity index (χ0n) is 28.3. The summed E-state index contributed by atoms with van der Waals surface area (Å²) in [6.45, 7) is 11.3. The van der Waals surface area contributed by atoms with E-state index in [9.17, 15) is 19.2 Å². The van der Waals surface area contributed by atoms with E-state index in [0.29, 0.717) is 103 Å². The van der Waals surface area contributed by atoms with Gasteiger partial charge in [-0.25, -0.2) is 4.79 Å². The Bertz CT molecular complexity index is 891. The van der Waals surface area contributed by atoms with E-state index in [0.717, 1.165) is 37.9 Å². The molecule has 2 saturated heterocycles. The van der Waals surface area contributed by atoms with Crippen molar-refractivity contribution >= 4 is 35.5 Å². The van der Waals surface area contributed by atoms with Crippen molar-refractivity contribution in [3.05, 3.63) is 0 Å². The van der Waals surface area contributed by atoms with Crippen LogP contribution < -0.4 is 26.6 Å². The molecule has 46 heavy (non-hydrogen) atoms. The molecule has 0 spiro atoms. The molecular formula is C32H59N5O8S. The molecule has 0 aliphatic carbocycles. The van der Waals surface area contributed by atoms with Crippen molar-refractivity contribution in [1.29, 1.82) is 0 Å². The highest BCUT2D eigenvalue weighted by Gasteiger charge is 2.42. The number of urea groups is 1. The summed E-state index contributed by atoms with van der Waals surface area (Å²) in [5, 5.41) is 15.1. The Labute approximate surface area is 279 Å². The molecule has 0 aromatic rings. The fraction of sp³-hybridized carbons (Fsp3) is 0.875. The van der Waals surface area contributed by atoms with Crippen molar-refractivity contribution in [1.82, 2.24) is 26.6 Å². The third-order valence-corrected chi connectivity index (χ3v) is 8.89. The van der Waals surface area contributed by atoms with Gasteiger partial charge in [0.25, 0.3) is 0 Å². The predicted octanol–water partition coefficient (Wildman–Crippen LogP) is 2.27. The van der Waals surface area contributed by atoms with E-state index in [4.69, 9.17) is 18.9 Å². The van der Waals surface area contributed by atoms with Crippen molar-refractivity contribution in [3.63, 3.8) is 0 Å². The summed E-state index contributed by atoms with van der Waals surface area (Å²) in [4.78, 5) is 47.3. The highest BCUT2D eigenvalue weighted by Crippen LogP contribution is 2.33. The van der Waals surface area contributed by atoms with Gasteiger partial charge in [0, 0.05) is 69.7 Å². The van der Waals surface area contributed by atoms with E-state index >= 15 is 0 Å². The van der Waals surface area contributed by atoms with Crippen LogP contribution >= 0.6 is 11.8 Å². The number of carbonyl (C=O) groups is 4. The van der Waals surface area contributed by atoms with Gasteiger partial charge in [-0.2, -0.15) is 11.8 Å². The Balaban J connectivity index is 1.24. The second-order valence-electron chi connectivity index (χ2n) is 12.6. The minimum Gasteiger partial charge on any atom is -0.379 e. The van der Waals surface area contributed by atoms with Gasteiger partial charge in [0.15, 0.2) is 0 Å². The van der Waals surface area contributed by atoms with Gasteiger partial charge in [-0.3, -0.25) is 14.4 Å². The maximum Gasteiger partial charge on any atom is 0.315 e. The number of hydrogen-bond donors (Lipinski definition) is 5. The number of ether oxygens (including phenoxy) is 4. The quantitative estimate of drug-likeness (QED) is 0.0650. The third-order valence-electron chi connectivity index (χ3n) is 7.39. The molecule has 5 N–H and O–H groups in total. The van der Waals surface area contributed by atoms with Crippen molar-refractivity contribution in [3.8, 4) is 0 Å². The molecule has 3 atom stereocenters. The summed E-state index contributed by atoms with van der Waals surface area (Å²) >= 11 is 1.90. The van der Waals surface area contributed by atoms with Crippen LogP contribution in [0.15, 0.2) is 0 Å². The van der Waals surface area contributed by atoms with E-state index in [1.54, 1.807) is 0 Å². The number of carbonyl (C=O) groups excluding carboxylic acids is 4. The Morgan fingerprint density at radius 2 is 1.20 bits per heavy atom. The minimum absolute atomic E-state index is 0.0392. The topological polar surface area (TPSA) is 165 Å². The molecule has 0 bridgehead atoms. The molecular weight excluding hydrogens is 614 g/mol. The summed E-state index contributed by atoms with van der Waals surface area (Å²) in [6, 6.07) is 0.414. The molecule has 2 aliphatic heterocycles. The van der Waals surface area contributed by atoms with Crippen LogP contribution in [-0.2, 0) is 33.3 Å². The fourth-order valence-corrected chi connectivity index (χ4v) is 6.52. The maximum absolute atomic E-state index is 12.0. The van der Waals surface area contributed by atoms with E-state index in [1.807, 2.05) is 32.5 Å². The van der Waals surface area contributed by atoms with Crippen LogP contribution in [0.4, 0.5) is 4.79 Å². The Morgan fingerprint density at radius 3 is 1.74 bits per heavy atom. The van der Waals surface area contributed by atoms with Crippen LogP contribution in [0, 0.1) is 0 Å². The number of amides is 5. The summed E-state index contributed by atoms with van der Waals surface area (Å²) in [5.74, 6) is 0.940. The number of hydrogen-bond acceptors (Lipinski definition) is 9.